The van der Waals surface area contributed by atoms with Crippen LogP contribution in [0, 0.1) is 11.3 Å². The molecule has 0 saturated carbocycles. The van der Waals surface area contributed by atoms with Crippen LogP contribution >= 0.6 is 0 Å². The van der Waals surface area contributed by atoms with Crippen molar-refractivity contribution in [3.63, 3.8) is 0 Å². The average Bonchev–Trinajstić information content (AvgIpc) is 2.76. The number of β-amino-alcohol motifs (C(OH)–C–C–N with tert-alkyl or cyclic N) is 1. The van der Waals surface area contributed by atoms with Gasteiger partial charge in [-0.1, -0.05) is 30.3 Å². The summed E-state index contributed by atoms with van der Waals surface area (Å²) in [7, 11) is 0. The second kappa shape index (κ2) is 5.39. The van der Waals surface area contributed by atoms with Gasteiger partial charge in [-0.15, -0.1) is 0 Å². The van der Waals surface area contributed by atoms with E-state index in [0.717, 1.165) is 5.56 Å². The van der Waals surface area contributed by atoms with Crippen LogP contribution in [0.4, 0.5) is 0 Å². The summed E-state index contributed by atoms with van der Waals surface area (Å²) < 4.78 is 11.6. The van der Waals surface area contributed by atoms with E-state index in [1.165, 1.54) is 0 Å². The Morgan fingerprint density at radius 3 is 2.62 bits per heavy atom. The van der Waals surface area contributed by atoms with Crippen LogP contribution < -0.4 is 0 Å². The standard InChI is InChI=1S/C16H20N2O3/c1-16(2)20-14-12(8-17)18(10-13(19)15(14)21-16)9-11-6-4-3-5-7-11/h3-7,12-15,19H,9-10H2,1-2H3/t12-,13+,14-,15+/m0/s1. The van der Waals surface area contributed by atoms with Crippen molar-refractivity contribution in [3.05, 3.63) is 35.9 Å². The van der Waals surface area contributed by atoms with E-state index in [0.29, 0.717) is 13.1 Å². The Morgan fingerprint density at radius 1 is 1.29 bits per heavy atom. The molecule has 2 fully saturated rings. The van der Waals surface area contributed by atoms with Crippen molar-refractivity contribution in [1.82, 2.24) is 4.90 Å². The zero-order valence-electron chi connectivity index (χ0n) is 12.3. The molecule has 5 nitrogen and oxygen atoms in total. The summed E-state index contributed by atoms with van der Waals surface area (Å²) >= 11 is 0. The van der Waals surface area contributed by atoms with Crippen molar-refractivity contribution in [3.8, 4) is 6.07 Å². The molecule has 0 spiro atoms. The summed E-state index contributed by atoms with van der Waals surface area (Å²) in [5.41, 5.74) is 1.11. The first-order chi connectivity index (χ1) is 10.00. The molecular formula is C16H20N2O3. The fraction of sp³-hybridized carbons (Fsp3) is 0.562. The van der Waals surface area contributed by atoms with Crippen LogP contribution in [-0.4, -0.2) is 46.7 Å². The Bertz CT molecular complexity index is 540. The van der Waals surface area contributed by atoms with Crippen molar-refractivity contribution in [2.75, 3.05) is 6.54 Å². The third kappa shape index (κ3) is 2.81. The molecule has 5 heteroatoms. The second-order valence-electron chi connectivity index (χ2n) is 6.12. The van der Waals surface area contributed by atoms with E-state index >= 15 is 0 Å². The summed E-state index contributed by atoms with van der Waals surface area (Å²) in [6.45, 7) is 4.65. The van der Waals surface area contributed by atoms with Gasteiger partial charge in [0.15, 0.2) is 5.79 Å². The molecular weight excluding hydrogens is 268 g/mol. The van der Waals surface area contributed by atoms with Gasteiger partial charge in [-0.3, -0.25) is 4.90 Å². The van der Waals surface area contributed by atoms with E-state index in [1.54, 1.807) is 0 Å². The van der Waals surface area contributed by atoms with E-state index in [1.807, 2.05) is 49.1 Å². The van der Waals surface area contributed by atoms with Crippen molar-refractivity contribution in [2.24, 2.45) is 0 Å². The zero-order valence-corrected chi connectivity index (χ0v) is 12.3. The maximum absolute atomic E-state index is 10.3. The molecule has 2 saturated heterocycles. The number of hydrogen-bond acceptors (Lipinski definition) is 5. The molecule has 0 aliphatic carbocycles. The number of ether oxygens (including phenoxy) is 2. The van der Waals surface area contributed by atoms with Gasteiger partial charge in [-0.05, 0) is 19.4 Å². The summed E-state index contributed by atoms with van der Waals surface area (Å²) in [5.74, 6) is -0.756. The highest BCUT2D eigenvalue weighted by Crippen LogP contribution is 2.36. The highest BCUT2D eigenvalue weighted by atomic mass is 16.8. The SMILES string of the molecule is CC1(C)O[C@@H]2[C@H](O1)[C@H](O)CN(Cc1ccccc1)[C@H]2C#N. The van der Waals surface area contributed by atoms with Crippen LogP contribution in [0.5, 0.6) is 0 Å². The minimum absolute atomic E-state index is 0.410. The number of nitrogens with zero attached hydrogens (tertiary/aromatic N) is 2. The molecule has 4 atom stereocenters. The maximum atomic E-state index is 10.3. The molecule has 0 amide bonds. The zero-order chi connectivity index (χ0) is 15.0. The van der Waals surface area contributed by atoms with Crippen LogP contribution in [0.15, 0.2) is 30.3 Å². The molecule has 0 bridgehead atoms. The minimum Gasteiger partial charge on any atom is -0.389 e. The van der Waals surface area contributed by atoms with Gasteiger partial charge in [-0.2, -0.15) is 5.26 Å². The highest BCUT2D eigenvalue weighted by Gasteiger charge is 2.53. The maximum Gasteiger partial charge on any atom is 0.164 e. The number of piperidine rings is 1. The number of rotatable bonds is 2. The van der Waals surface area contributed by atoms with Gasteiger partial charge in [0.2, 0.25) is 0 Å². The van der Waals surface area contributed by atoms with E-state index in [-0.39, 0.29) is 0 Å². The summed E-state index contributed by atoms with van der Waals surface area (Å²) in [4.78, 5) is 1.96. The van der Waals surface area contributed by atoms with Crippen LogP contribution in [0.3, 0.4) is 0 Å². The van der Waals surface area contributed by atoms with Gasteiger partial charge in [0.25, 0.3) is 0 Å². The molecule has 0 aromatic heterocycles. The molecule has 2 aliphatic heterocycles. The average molecular weight is 288 g/mol. The predicted molar refractivity (Wildman–Crippen MR) is 76.1 cm³/mol. The Labute approximate surface area is 124 Å². The lowest BCUT2D eigenvalue weighted by molar-refractivity contribution is -0.152. The summed E-state index contributed by atoms with van der Waals surface area (Å²) in [6, 6.07) is 11.8. The van der Waals surface area contributed by atoms with Gasteiger partial charge in [0.1, 0.15) is 18.2 Å². The van der Waals surface area contributed by atoms with Gasteiger partial charge >= 0.3 is 0 Å². The molecule has 0 unspecified atom stereocenters. The Hall–Kier alpha value is -1.45. The molecule has 1 N–H and O–H groups in total. The highest BCUT2D eigenvalue weighted by molar-refractivity contribution is 5.17. The van der Waals surface area contributed by atoms with Gasteiger partial charge in [-0.25, -0.2) is 0 Å². The third-order valence-electron chi connectivity index (χ3n) is 4.03. The Kier molecular flexibility index (Phi) is 3.72. The fourth-order valence-corrected chi connectivity index (χ4v) is 3.16. The largest absolute Gasteiger partial charge is 0.389 e. The van der Waals surface area contributed by atoms with Crippen LogP contribution in [0.25, 0.3) is 0 Å². The van der Waals surface area contributed by atoms with Crippen LogP contribution in [0.2, 0.25) is 0 Å². The topological polar surface area (TPSA) is 65.7 Å². The number of benzene rings is 1. The van der Waals surface area contributed by atoms with Gasteiger partial charge in [0.05, 0.1) is 12.2 Å². The molecule has 2 heterocycles. The quantitative estimate of drug-likeness (QED) is 0.888. The van der Waals surface area contributed by atoms with Gasteiger partial charge in [0, 0.05) is 13.1 Å². The van der Waals surface area contributed by atoms with Crippen LogP contribution in [0.1, 0.15) is 19.4 Å². The molecule has 3 rings (SSSR count). The number of nitriles is 1. The Morgan fingerprint density at radius 2 is 1.95 bits per heavy atom. The first-order valence-electron chi connectivity index (χ1n) is 7.21. The Balaban J connectivity index is 1.81. The van der Waals surface area contributed by atoms with E-state index < -0.39 is 30.1 Å². The van der Waals surface area contributed by atoms with E-state index in [2.05, 4.69) is 6.07 Å². The number of aliphatic hydroxyl groups is 1. The van der Waals surface area contributed by atoms with Crippen molar-refractivity contribution in [2.45, 2.75) is 50.5 Å². The van der Waals surface area contributed by atoms with Crippen molar-refractivity contribution in [1.29, 1.82) is 5.26 Å². The molecule has 1 aromatic rings. The van der Waals surface area contributed by atoms with E-state index in [9.17, 15) is 10.4 Å². The molecule has 2 aliphatic rings. The lowest BCUT2D eigenvalue weighted by atomic mass is 9.94. The first kappa shape index (κ1) is 14.5. The molecule has 21 heavy (non-hydrogen) atoms. The summed E-state index contributed by atoms with van der Waals surface area (Å²) in [6.07, 6.45) is -1.50. The lowest BCUT2D eigenvalue weighted by Crippen LogP contribution is -2.59. The minimum atomic E-state index is -0.756. The number of likely N-dealkylation sites (tertiary alicyclic amines) is 1. The third-order valence-corrected chi connectivity index (χ3v) is 4.03. The first-order valence-corrected chi connectivity index (χ1v) is 7.21. The van der Waals surface area contributed by atoms with Crippen molar-refractivity contribution < 1.29 is 14.6 Å². The number of aliphatic hydroxyl groups excluding tert-OH is 1. The van der Waals surface area contributed by atoms with E-state index in [4.69, 9.17) is 9.47 Å². The second-order valence-corrected chi connectivity index (χ2v) is 6.12. The number of hydrogen-bond donors (Lipinski definition) is 1. The smallest absolute Gasteiger partial charge is 0.164 e. The van der Waals surface area contributed by atoms with Gasteiger partial charge < -0.3 is 14.6 Å². The monoisotopic (exact) mass is 288 g/mol. The van der Waals surface area contributed by atoms with Crippen molar-refractivity contribution >= 4 is 0 Å². The molecule has 112 valence electrons. The lowest BCUT2D eigenvalue weighted by Gasteiger charge is -2.40. The molecule has 0 radical (unpaired) electrons. The fourth-order valence-electron chi connectivity index (χ4n) is 3.16. The number of fused-ring (bicyclic) bond motifs is 1. The normalized spacial score (nSPS) is 35.1. The predicted octanol–water partition coefficient (Wildman–Crippen LogP) is 1.28. The molecule has 1 aromatic carbocycles. The summed E-state index contributed by atoms with van der Waals surface area (Å²) in [5, 5.41) is 19.9. The van der Waals surface area contributed by atoms with Crippen LogP contribution in [-0.2, 0) is 16.0 Å².